The van der Waals surface area contributed by atoms with Crippen LogP contribution in [0.1, 0.15) is 48.4 Å². The maximum Gasteiger partial charge on any atom is 0.416 e. The normalized spacial score (nSPS) is 13.7. The summed E-state index contributed by atoms with van der Waals surface area (Å²) >= 11 is 0. The molecule has 3 N–H and O–H groups in total. The van der Waals surface area contributed by atoms with Crippen LogP contribution in [0.15, 0.2) is 53.4 Å². The molecule has 1 unspecified atom stereocenters. The van der Waals surface area contributed by atoms with E-state index in [9.17, 15) is 31.5 Å². The van der Waals surface area contributed by atoms with Crippen LogP contribution in [0.5, 0.6) is 0 Å². The fourth-order valence-electron chi connectivity index (χ4n) is 2.58. The fraction of sp³-hybridized carbons (Fsp3) is 0.350. The van der Waals surface area contributed by atoms with Gasteiger partial charge in [-0.3, -0.25) is 4.79 Å². The molecule has 0 aliphatic carbocycles. The number of hydrogen-bond donors (Lipinski definition) is 3. The third-order valence-electron chi connectivity index (χ3n) is 3.92. The van der Waals surface area contributed by atoms with Gasteiger partial charge < -0.3 is 10.4 Å². The van der Waals surface area contributed by atoms with Crippen molar-refractivity contribution in [3.8, 4) is 0 Å². The first-order valence-corrected chi connectivity index (χ1v) is 10.4. The highest BCUT2D eigenvalue weighted by molar-refractivity contribution is 7.89. The Morgan fingerprint density at radius 3 is 2.20 bits per heavy atom. The monoisotopic (exact) mass is 444 g/mol. The number of carbonyl (C=O) groups is 1. The maximum atomic E-state index is 12.8. The smallest absolute Gasteiger partial charge is 0.387 e. The number of aliphatic hydroxyl groups excluding tert-OH is 1. The Hall–Kier alpha value is -2.43. The lowest BCUT2D eigenvalue weighted by Crippen LogP contribution is -2.40. The van der Waals surface area contributed by atoms with Crippen LogP contribution in [0.3, 0.4) is 0 Å². The molecule has 10 heteroatoms. The average molecular weight is 444 g/mol. The lowest BCUT2D eigenvalue weighted by atomic mass is 10.1. The Kier molecular flexibility index (Phi) is 6.95. The van der Waals surface area contributed by atoms with Gasteiger partial charge in [0, 0.05) is 17.6 Å². The molecule has 0 heterocycles. The van der Waals surface area contributed by atoms with Crippen molar-refractivity contribution in [1.82, 2.24) is 10.0 Å². The van der Waals surface area contributed by atoms with Crippen LogP contribution < -0.4 is 10.0 Å². The zero-order valence-electron chi connectivity index (χ0n) is 16.6. The number of carbonyl (C=O) groups excluding carboxylic acids is 1. The van der Waals surface area contributed by atoms with Crippen molar-refractivity contribution in [3.63, 3.8) is 0 Å². The lowest BCUT2D eigenvalue weighted by Gasteiger charge is -2.20. The molecule has 2 rings (SSSR count). The number of rotatable bonds is 6. The van der Waals surface area contributed by atoms with Gasteiger partial charge in [-0.05, 0) is 62.7 Å². The second-order valence-electron chi connectivity index (χ2n) is 7.73. The summed E-state index contributed by atoms with van der Waals surface area (Å²) in [5.41, 5.74) is -1.42. The van der Waals surface area contributed by atoms with Crippen molar-refractivity contribution >= 4 is 15.9 Å². The first-order chi connectivity index (χ1) is 13.7. The molecule has 0 fully saturated rings. The highest BCUT2D eigenvalue weighted by atomic mass is 32.2. The van der Waals surface area contributed by atoms with Gasteiger partial charge in [-0.25, -0.2) is 13.1 Å². The van der Waals surface area contributed by atoms with E-state index in [2.05, 4.69) is 10.0 Å². The molecule has 0 bridgehead atoms. The number of halogens is 3. The molecule has 164 valence electrons. The number of alkyl halides is 3. The molecule has 0 radical (unpaired) electrons. The third kappa shape index (κ3) is 6.54. The van der Waals surface area contributed by atoms with E-state index in [1.807, 2.05) is 0 Å². The fourth-order valence-corrected chi connectivity index (χ4v) is 4.00. The molecule has 2 aromatic carbocycles. The van der Waals surface area contributed by atoms with E-state index in [1.54, 1.807) is 20.8 Å². The standard InChI is InChI=1S/C20H23F3N2O4S/c1-19(2,3)25-30(28,29)16-9-7-13(8-10-16)18(27)24-12-17(26)14-5-4-6-15(11-14)20(21,22)23/h4-11,17,25-26H,12H2,1-3H3,(H,24,27). The molecule has 0 spiro atoms. The zero-order chi connectivity index (χ0) is 22.7. The molecule has 0 aliphatic heterocycles. The van der Waals surface area contributed by atoms with E-state index in [4.69, 9.17) is 0 Å². The van der Waals surface area contributed by atoms with Crippen LogP contribution >= 0.6 is 0 Å². The molecule has 0 saturated heterocycles. The highest BCUT2D eigenvalue weighted by Crippen LogP contribution is 2.30. The van der Waals surface area contributed by atoms with Crippen molar-refractivity contribution in [2.45, 2.75) is 43.5 Å². The number of hydrogen-bond acceptors (Lipinski definition) is 4. The quantitative estimate of drug-likeness (QED) is 0.638. The summed E-state index contributed by atoms with van der Waals surface area (Å²) in [4.78, 5) is 12.2. The van der Waals surface area contributed by atoms with Crippen molar-refractivity contribution < 1.29 is 31.5 Å². The third-order valence-corrected chi connectivity index (χ3v) is 5.70. The minimum Gasteiger partial charge on any atom is -0.387 e. The second-order valence-corrected chi connectivity index (χ2v) is 9.41. The van der Waals surface area contributed by atoms with Crippen molar-refractivity contribution in [3.05, 3.63) is 65.2 Å². The van der Waals surface area contributed by atoms with Crippen LogP contribution in [0.4, 0.5) is 13.2 Å². The first kappa shape index (κ1) is 23.8. The molecule has 2 aromatic rings. The van der Waals surface area contributed by atoms with Gasteiger partial charge in [0.1, 0.15) is 0 Å². The Morgan fingerprint density at radius 2 is 1.67 bits per heavy atom. The van der Waals surface area contributed by atoms with Crippen LogP contribution in [0.25, 0.3) is 0 Å². The molecule has 6 nitrogen and oxygen atoms in total. The molecule has 30 heavy (non-hydrogen) atoms. The van der Waals surface area contributed by atoms with Gasteiger partial charge in [0.15, 0.2) is 0 Å². The predicted octanol–water partition coefficient (Wildman–Crippen LogP) is 3.25. The summed E-state index contributed by atoms with van der Waals surface area (Å²) in [6.07, 6.45) is -5.88. The number of amides is 1. The van der Waals surface area contributed by atoms with Gasteiger partial charge in [-0.15, -0.1) is 0 Å². The van der Waals surface area contributed by atoms with Gasteiger partial charge in [0.2, 0.25) is 10.0 Å². The molecule has 0 aromatic heterocycles. The highest BCUT2D eigenvalue weighted by Gasteiger charge is 2.31. The van der Waals surface area contributed by atoms with E-state index >= 15 is 0 Å². The summed E-state index contributed by atoms with van der Waals surface area (Å²) in [5, 5.41) is 12.5. The number of sulfonamides is 1. The molecule has 1 atom stereocenters. The van der Waals surface area contributed by atoms with Crippen molar-refractivity contribution in [1.29, 1.82) is 0 Å². The SMILES string of the molecule is CC(C)(C)NS(=O)(=O)c1ccc(C(=O)NCC(O)c2cccc(C(F)(F)F)c2)cc1. The largest absolute Gasteiger partial charge is 0.416 e. The minimum absolute atomic E-state index is 0.0137. The predicted molar refractivity (Wildman–Crippen MR) is 105 cm³/mol. The Bertz CT molecular complexity index is 998. The number of benzene rings is 2. The Labute approximate surface area is 173 Å². The van der Waals surface area contributed by atoms with Crippen LogP contribution in [-0.4, -0.2) is 31.5 Å². The molecule has 1 amide bonds. The van der Waals surface area contributed by atoms with E-state index < -0.39 is 39.3 Å². The van der Waals surface area contributed by atoms with Crippen molar-refractivity contribution in [2.75, 3.05) is 6.54 Å². The molecule has 0 saturated carbocycles. The van der Waals surface area contributed by atoms with Crippen molar-refractivity contribution in [2.24, 2.45) is 0 Å². The number of nitrogens with one attached hydrogen (secondary N) is 2. The summed E-state index contributed by atoms with van der Waals surface area (Å²) in [5.74, 6) is -0.603. The van der Waals surface area contributed by atoms with E-state index in [0.717, 1.165) is 12.1 Å². The summed E-state index contributed by atoms with van der Waals surface area (Å²) in [6, 6.07) is 9.37. The molecule has 0 aliphatic rings. The average Bonchev–Trinajstić information content (AvgIpc) is 2.63. The van der Waals surface area contributed by atoms with Gasteiger partial charge in [0.05, 0.1) is 16.6 Å². The minimum atomic E-state index is -4.54. The lowest BCUT2D eigenvalue weighted by molar-refractivity contribution is -0.137. The molecular formula is C20H23F3N2O4S. The zero-order valence-corrected chi connectivity index (χ0v) is 17.4. The second kappa shape index (κ2) is 8.75. The maximum absolute atomic E-state index is 12.8. The Balaban J connectivity index is 2.03. The summed E-state index contributed by atoms with van der Waals surface area (Å²) in [6.45, 7) is 4.78. The van der Waals surface area contributed by atoms with Gasteiger partial charge in [-0.2, -0.15) is 13.2 Å². The van der Waals surface area contributed by atoms with E-state index in [-0.39, 0.29) is 22.6 Å². The van der Waals surface area contributed by atoms with Crippen LogP contribution in [-0.2, 0) is 16.2 Å². The topological polar surface area (TPSA) is 95.5 Å². The number of aliphatic hydroxyl groups is 1. The van der Waals surface area contributed by atoms with E-state index in [0.29, 0.717) is 0 Å². The first-order valence-electron chi connectivity index (χ1n) is 8.96. The Morgan fingerprint density at radius 1 is 1.07 bits per heavy atom. The van der Waals surface area contributed by atoms with Crippen LogP contribution in [0, 0.1) is 0 Å². The molecular weight excluding hydrogens is 421 g/mol. The van der Waals surface area contributed by atoms with Crippen LogP contribution in [0.2, 0.25) is 0 Å². The van der Waals surface area contributed by atoms with Gasteiger partial charge >= 0.3 is 6.18 Å². The van der Waals surface area contributed by atoms with Gasteiger partial charge in [-0.1, -0.05) is 12.1 Å². The summed E-state index contributed by atoms with van der Waals surface area (Å²) < 4.78 is 65.4. The van der Waals surface area contributed by atoms with E-state index in [1.165, 1.54) is 36.4 Å². The summed E-state index contributed by atoms with van der Waals surface area (Å²) in [7, 11) is -3.75. The van der Waals surface area contributed by atoms with Gasteiger partial charge in [0.25, 0.3) is 5.91 Å².